The van der Waals surface area contributed by atoms with Gasteiger partial charge in [-0.25, -0.2) is 4.98 Å². The fourth-order valence-electron chi connectivity index (χ4n) is 0.740. The molecule has 0 spiro atoms. The first-order chi connectivity index (χ1) is 6.02. The molecular formula is C5H4N4O4. The number of nitro groups is 2. The normalized spacial score (nSPS) is 9.54. The molecule has 8 heteroatoms. The van der Waals surface area contributed by atoms with Crippen molar-refractivity contribution in [3.05, 3.63) is 32.5 Å². The van der Waals surface area contributed by atoms with Gasteiger partial charge in [-0.3, -0.25) is 20.2 Å². The quantitative estimate of drug-likeness (QED) is 0.526. The van der Waals surface area contributed by atoms with E-state index < -0.39 is 21.2 Å². The van der Waals surface area contributed by atoms with E-state index in [0.29, 0.717) is 0 Å². The average Bonchev–Trinajstić information content (AvgIpc) is 2.03. The maximum absolute atomic E-state index is 10.3. The summed E-state index contributed by atoms with van der Waals surface area (Å²) in [5.74, 6) is -0.127. The highest BCUT2D eigenvalue weighted by atomic mass is 16.6. The summed E-state index contributed by atoms with van der Waals surface area (Å²) in [4.78, 5) is 22.2. The SMILES string of the molecule is Nc1cc([N+](=O)[O-])c([N+](=O)[O-])cn1. The lowest BCUT2D eigenvalue weighted by molar-refractivity contribution is -0.422. The highest BCUT2D eigenvalue weighted by molar-refractivity contribution is 5.55. The van der Waals surface area contributed by atoms with Crippen molar-refractivity contribution in [2.75, 3.05) is 5.73 Å². The minimum Gasteiger partial charge on any atom is -0.383 e. The van der Waals surface area contributed by atoms with Crippen LogP contribution in [-0.2, 0) is 0 Å². The molecule has 0 aliphatic heterocycles. The second-order valence-electron chi connectivity index (χ2n) is 2.11. The molecule has 1 heterocycles. The molecule has 1 aromatic heterocycles. The summed E-state index contributed by atoms with van der Waals surface area (Å²) < 4.78 is 0. The minimum absolute atomic E-state index is 0.127. The van der Waals surface area contributed by atoms with Gasteiger partial charge in [0, 0.05) is 0 Å². The third-order valence-electron chi connectivity index (χ3n) is 1.28. The van der Waals surface area contributed by atoms with Crippen LogP contribution in [0.2, 0.25) is 0 Å². The number of aromatic nitrogens is 1. The van der Waals surface area contributed by atoms with E-state index in [4.69, 9.17) is 5.73 Å². The summed E-state index contributed by atoms with van der Waals surface area (Å²) in [6.45, 7) is 0. The van der Waals surface area contributed by atoms with Gasteiger partial charge in [0.2, 0.25) is 0 Å². The minimum atomic E-state index is -0.884. The Bertz CT molecular complexity index is 377. The van der Waals surface area contributed by atoms with Gasteiger partial charge in [0.15, 0.2) is 0 Å². The van der Waals surface area contributed by atoms with E-state index in [9.17, 15) is 20.2 Å². The first kappa shape index (κ1) is 8.84. The molecule has 0 bridgehead atoms. The second-order valence-corrected chi connectivity index (χ2v) is 2.11. The molecule has 8 nitrogen and oxygen atoms in total. The van der Waals surface area contributed by atoms with Crippen molar-refractivity contribution in [2.24, 2.45) is 0 Å². The van der Waals surface area contributed by atoms with Crippen LogP contribution in [0.1, 0.15) is 0 Å². The Labute approximate surface area is 71.3 Å². The third kappa shape index (κ3) is 1.67. The second kappa shape index (κ2) is 3.01. The molecule has 68 valence electrons. The van der Waals surface area contributed by atoms with Crippen LogP contribution in [0, 0.1) is 20.2 Å². The monoisotopic (exact) mass is 184 g/mol. The molecule has 0 unspecified atom stereocenters. The lowest BCUT2D eigenvalue weighted by Crippen LogP contribution is -1.99. The van der Waals surface area contributed by atoms with Crippen molar-refractivity contribution < 1.29 is 9.85 Å². The zero-order chi connectivity index (χ0) is 10.0. The summed E-state index contributed by atoms with van der Waals surface area (Å²) in [6, 6.07) is 0.845. The van der Waals surface area contributed by atoms with Crippen LogP contribution in [0.3, 0.4) is 0 Å². The van der Waals surface area contributed by atoms with Gasteiger partial charge < -0.3 is 5.73 Å². The van der Waals surface area contributed by atoms with Crippen molar-refractivity contribution in [1.29, 1.82) is 0 Å². The first-order valence-corrected chi connectivity index (χ1v) is 3.06. The van der Waals surface area contributed by atoms with Crippen LogP contribution in [0.15, 0.2) is 12.3 Å². The number of pyridine rings is 1. The molecule has 0 saturated carbocycles. The third-order valence-corrected chi connectivity index (χ3v) is 1.28. The summed E-state index contributed by atoms with van der Waals surface area (Å²) in [5, 5.41) is 20.6. The Morgan fingerprint density at radius 1 is 1.23 bits per heavy atom. The molecule has 0 atom stereocenters. The predicted molar refractivity (Wildman–Crippen MR) is 42.0 cm³/mol. The van der Waals surface area contributed by atoms with Gasteiger partial charge in [-0.05, 0) is 0 Å². The number of nitrogens with two attached hydrogens (primary N) is 1. The van der Waals surface area contributed by atoms with E-state index in [1.807, 2.05) is 0 Å². The Kier molecular flexibility index (Phi) is 2.05. The molecule has 0 aromatic carbocycles. The topological polar surface area (TPSA) is 125 Å². The average molecular weight is 184 g/mol. The standard InChI is InChI=1S/C5H4N4O4/c6-5-1-3(8(10)11)4(2-7-5)9(12)13/h1-2H,(H2,6,7). The highest BCUT2D eigenvalue weighted by Crippen LogP contribution is 2.26. The molecule has 0 aliphatic rings. The largest absolute Gasteiger partial charge is 0.383 e. The molecule has 0 aliphatic carbocycles. The zero-order valence-electron chi connectivity index (χ0n) is 6.21. The number of anilines is 1. The van der Waals surface area contributed by atoms with Crippen LogP contribution in [0.5, 0.6) is 0 Å². The van der Waals surface area contributed by atoms with Gasteiger partial charge in [-0.1, -0.05) is 0 Å². The Hall–Kier alpha value is -2.25. The van der Waals surface area contributed by atoms with Gasteiger partial charge in [0.25, 0.3) is 0 Å². The zero-order valence-corrected chi connectivity index (χ0v) is 6.21. The van der Waals surface area contributed by atoms with Gasteiger partial charge >= 0.3 is 11.4 Å². The molecular weight excluding hydrogens is 180 g/mol. The smallest absolute Gasteiger partial charge is 0.364 e. The van der Waals surface area contributed by atoms with Crippen LogP contribution < -0.4 is 5.73 Å². The summed E-state index contributed by atoms with van der Waals surface area (Å²) in [6.07, 6.45) is 0.757. The van der Waals surface area contributed by atoms with E-state index in [1.54, 1.807) is 0 Å². The van der Waals surface area contributed by atoms with E-state index in [0.717, 1.165) is 12.3 Å². The van der Waals surface area contributed by atoms with Crippen molar-refractivity contribution >= 4 is 17.2 Å². The fourth-order valence-corrected chi connectivity index (χ4v) is 0.740. The van der Waals surface area contributed by atoms with Crippen molar-refractivity contribution in [2.45, 2.75) is 0 Å². The van der Waals surface area contributed by atoms with Gasteiger partial charge in [0.1, 0.15) is 12.0 Å². The predicted octanol–water partition coefficient (Wildman–Crippen LogP) is 0.480. The number of hydrogen-bond donors (Lipinski definition) is 1. The highest BCUT2D eigenvalue weighted by Gasteiger charge is 2.24. The van der Waals surface area contributed by atoms with Gasteiger partial charge in [-0.15, -0.1) is 0 Å². The van der Waals surface area contributed by atoms with E-state index in [-0.39, 0.29) is 5.82 Å². The molecule has 0 radical (unpaired) electrons. The van der Waals surface area contributed by atoms with Crippen molar-refractivity contribution in [3.8, 4) is 0 Å². The maximum Gasteiger partial charge on any atom is 0.364 e. The summed E-state index contributed by atoms with van der Waals surface area (Å²) in [5.41, 5.74) is 3.80. The molecule has 0 saturated heterocycles. The molecule has 0 amide bonds. The number of nitrogens with zero attached hydrogens (tertiary/aromatic N) is 3. The van der Waals surface area contributed by atoms with E-state index >= 15 is 0 Å². The number of nitrogen functional groups attached to an aromatic ring is 1. The summed E-state index contributed by atoms with van der Waals surface area (Å²) in [7, 11) is 0. The molecule has 2 N–H and O–H groups in total. The van der Waals surface area contributed by atoms with Crippen LogP contribution >= 0.6 is 0 Å². The van der Waals surface area contributed by atoms with Crippen LogP contribution in [0.4, 0.5) is 17.2 Å². The molecule has 1 aromatic rings. The number of hydrogen-bond acceptors (Lipinski definition) is 6. The van der Waals surface area contributed by atoms with Crippen molar-refractivity contribution in [3.63, 3.8) is 0 Å². The summed E-state index contributed by atoms with van der Waals surface area (Å²) >= 11 is 0. The number of rotatable bonds is 2. The molecule has 13 heavy (non-hydrogen) atoms. The van der Waals surface area contributed by atoms with Gasteiger partial charge in [0.05, 0.1) is 15.9 Å². The maximum atomic E-state index is 10.3. The van der Waals surface area contributed by atoms with Gasteiger partial charge in [-0.2, -0.15) is 0 Å². The Morgan fingerprint density at radius 3 is 2.23 bits per heavy atom. The lowest BCUT2D eigenvalue weighted by Gasteiger charge is -1.94. The molecule has 0 fully saturated rings. The Morgan fingerprint density at radius 2 is 1.77 bits per heavy atom. The van der Waals surface area contributed by atoms with Crippen LogP contribution in [0.25, 0.3) is 0 Å². The van der Waals surface area contributed by atoms with Crippen LogP contribution in [-0.4, -0.2) is 14.8 Å². The fraction of sp³-hybridized carbons (Fsp3) is 0. The van der Waals surface area contributed by atoms with E-state index in [2.05, 4.69) is 4.98 Å². The van der Waals surface area contributed by atoms with Crippen molar-refractivity contribution in [1.82, 2.24) is 4.98 Å². The lowest BCUT2D eigenvalue weighted by atomic mass is 10.3. The van der Waals surface area contributed by atoms with E-state index in [1.165, 1.54) is 0 Å². The Balaban J connectivity index is 3.35. The first-order valence-electron chi connectivity index (χ1n) is 3.06. The molecule has 1 rings (SSSR count).